The normalized spacial score (nSPS) is 23.1. The third kappa shape index (κ3) is 4.11. The molecule has 176 valence electrons. The molecular formula is C20H22ClF3N6OSSi. The minimum absolute atomic E-state index is 0.0521. The smallest absolute Gasteiger partial charge is 0.364 e. The number of nitrogens with zero attached hydrogens (tertiary/aromatic N) is 6. The zero-order chi connectivity index (χ0) is 23.4. The summed E-state index contributed by atoms with van der Waals surface area (Å²) in [6, 6.07) is 2.48. The Morgan fingerprint density at radius 3 is 2.67 bits per heavy atom. The molecule has 33 heavy (non-hydrogen) atoms. The second kappa shape index (κ2) is 8.10. The molecule has 0 aliphatic carbocycles. The van der Waals surface area contributed by atoms with E-state index < -0.39 is 16.9 Å². The Hall–Kier alpha value is -1.89. The SMILES string of the molecule is C[C@]1(C[SiH3])OCC2(CCN(c3cnc4c(cnn4-c4ccnc(C(F)(F)F)c4Cl)n3)CC2)S1. The quantitative estimate of drug-likeness (QED) is 0.496. The van der Waals surface area contributed by atoms with Gasteiger partial charge in [0.15, 0.2) is 11.3 Å². The number of piperidine rings is 1. The average Bonchev–Trinajstić information content (AvgIpc) is 3.35. The third-order valence-electron chi connectivity index (χ3n) is 6.34. The molecule has 0 unspecified atom stereocenters. The Morgan fingerprint density at radius 1 is 1.24 bits per heavy atom. The monoisotopic (exact) mass is 514 g/mol. The molecule has 0 saturated carbocycles. The number of anilines is 1. The van der Waals surface area contributed by atoms with Crippen molar-refractivity contribution in [2.24, 2.45) is 0 Å². The Balaban J connectivity index is 1.38. The van der Waals surface area contributed by atoms with Crippen LogP contribution < -0.4 is 4.90 Å². The van der Waals surface area contributed by atoms with E-state index in [0.29, 0.717) is 11.2 Å². The maximum Gasteiger partial charge on any atom is 0.434 e. The van der Waals surface area contributed by atoms with Crippen molar-refractivity contribution in [3.8, 4) is 5.69 Å². The second-order valence-corrected chi connectivity index (χ2v) is 11.6. The molecule has 2 aliphatic heterocycles. The molecule has 2 aliphatic rings. The van der Waals surface area contributed by atoms with Crippen molar-refractivity contribution >= 4 is 50.6 Å². The van der Waals surface area contributed by atoms with Gasteiger partial charge in [-0.25, -0.2) is 14.6 Å². The summed E-state index contributed by atoms with van der Waals surface area (Å²) in [4.78, 5) is 14.6. The first-order chi connectivity index (χ1) is 15.6. The molecule has 5 heterocycles. The summed E-state index contributed by atoms with van der Waals surface area (Å²) in [5, 5.41) is 3.67. The van der Waals surface area contributed by atoms with E-state index >= 15 is 0 Å². The molecule has 2 saturated heterocycles. The molecule has 1 atom stereocenters. The van der Waals surface area contributed by atoms with E-state index in [2.05, 4.69) is 31.9 Å². The van der Waals surface area contributed by atoms with Crippen LogP contribution in [0.2, 0.25) is 11.1 Å². The lowest BCUT2D eigenvalue weighted by Crippen LogP contribution is -2.43. The maximum atomic E-state index is 13.2. The van der Waals surface area contributed by atoms with Crippen molar-refractivity contribution in [2.75, 3.05) is 24.6 Å². The zero-order valence-electron chi connectivity index (χ0n) is 18.1. The molecule has 0 aromatic carbocycles. The van der Waals surface area contributed by atoms with Crippen molar-refractivity contribution in [2.45, 2.75) is 41.7 Å². The van der Waals surface area contributed by atoms with Crippen molar-refractivity contribution in [3.05, 3.63) is 35.4 Å². The standard InChI is InChI=1S/C20H22ClF3N6OSSi/c1-18(11-33)31-10-19(32-18)3-6-29(7-4-19)14-9-26-17-12(28-14)8-27-30(17)13-2-5-25-16(15(13)21)20(22,23)24/h2,5,8-9H,3-4,6-7,10-11H2,1,33H3/t18-/m0/s1. The average molecular weight is 515 g/mol. The minimum Gasteiger partial charge on any atom is -0.364 e. The van der Waals surface area contributed by atoms with Crippen LogP contribution >= 0.6 is 23.4 Å². The minimum atomic E-state index is -4.67. The summed E-state index contributed by atoms with van der Waals surface area (Å²) in [5.74, 6) is 0.725. The van der Waals surface area contributed by atoms with Crippen LogP contribution in [-0.2, 0) is 10.9 Å². The summed E-state index contributed by atoms with van der Waals surface area (Å²) in [7, 11) is 1.12. The highest BCUT2D eigenvalue weighted by atomic mass is 35.5. The van der Waals surface area contributed by atoms with Gasteiger partial charge in [-0.2, -0.15) is 18.3 Å². The Morgan fingerprint density at radius 2 is 2.00 bits per heavy atom. The number of pyridine rings is 1. The Kier molecular flexibility index (Phi) is 5.62. The van der Waals surface area contributed by atoms with Crippen LogP contribution in [0.4, 0.5) is 19.0 Å². The molecule has 5 rings (SSSR count). The lowest BCUT2D eigenvalue weighted by atomic mass is 9.96. The van der Waals surface area contributed by atoms with Gasteiger partial charge < -0.3 is 9.64 Å². The fraction of sp³-hybridized carbons (Fsp3) is 0.500. The van der Waals surface area contributed by atoms with Gasteiger partial charge in [-0.05, 0) is 31.9 Å². The van der Waals surface area contributed by atoms with Gasteiger partial charge in [0.05, 0.1) is 29.7 Å². The van der Waals surface area contributed by atoms with Gasteiger partial charge in [-0.1, -0.05) is 11.6 Å². The topological polar surface area (TPSA) is 69.0 Å². The number of halogens is 4. The van der Waals surface area contributed by atoms with Crippen LogP contribution in [0.1, 0.15) is 25.5 Å². The maximum absolute atomic E-state index is 13.2. The largest absolute Gasteiger partial charge is 0.434 e. The van der Waals surface area contributed by atoms with Gasteiger partial charge in [0.25, 0.3) is 0 Å². The highest BCUT2D eigenvalue weighted by Crippen LogP contribution is 2.52. The van der Waals surface area contributed by atoms with E-state index in [-0.39, 0.29) is 15.4 Å². The number of hydrogen-bond acceptors (Lipinski definition) is 7. The van der Waals surface area contributed by atoms with Crippen molar-refractivity contribution in [1.82, 2.24) is 24.7 Å². The van der Waals surface area contributed by atoms with E-state index in [9.17, 15) is 13.2 Å². The molecule has 0 bridgehead atoms. The third-order valence-corrected chi connectivity index (χ3v) is 10.4. The predicted molar refractivity (Wildman–Crippen MR) is 125 cm³/mol. The lowest BCUT2D eigenvalue weighted by Gasteiger charge is -2.38. The predicted octanol–water partition coefficient (Wildman–Crippen LogP) is 3.49. The lowest BCUT2D eigenvalue weighted by molar-refractivity contribution is -0.141. The molecule has 7 nitrogen and oxygen atoms in total. The highest BCUT2D eigenvalue weighted by Gasteiger charge is 2.48. The van der Waals surface area contributed by atoms with Crippen LogP contribution in [-0.4, -0.2) is 64.4 Å². The number of ether oxygens (including phenoxy) is 1. The number of thioether (sulfide) groups is 1. The van der Waals surface area contributed by atoms with E-state index in [1.807, 2.05) is 11.8 Å². The molecule has 0 N–H and O–H groups in total. The fourth-order valence-corrected chi connectivity index (χ4v) is 6.91. The van der Waals surface area contributed by atoms with E-state index in [4.69, 9.17) is 16.3 Å². The highest BCUT2D eigenvalue weighted by molar-refractivity contribution is 8.02. The van der Waals surface area contributed by atoms with Crippen LogP contribution in [0.15, 0.2) is 24.7 Å². The molecule has 3 aromatic rings. The van der Waals surface area contributed by atoms with Crippen LogP contribution in [0.3, 0.4) is 0 Å². The molecule has 2 fully saturated rings. The van der Waals surface area contributed by atoms with E-state index in [1.165, 1.54) is 16.9 Å². The molecule has 0 radical (unpaired) electrons. The number of alkyl halides is 3. The van der Waals surface area contributed by atoms with Gasteiger partial charge in [0.1, 0.15) is 16.3 Å². The summed E-state index contributed by atoms with van der Waals surface area (Å²) in [6.07, 6.45) is 1.51. The van der Waals surface area contributed by atoms with Gasteiger partial charge in [0, 0.05) is 34.3 Å². The van der Waals surface area contributed by atoms with Crippen molar-refractivity contribution in [1.29, 1.82) is 0 Å². The van der Waals surface area contributed by atoms with E-state index in [1.54, 1.807) is 6.20 Å². The van der Waals surface area contributed by atoms with Gasteiger partial charge >= 0.3 is 6.18 Å². The summed E-state index contributed by atoms with van der Waals surface area (Å²) in [6.45, 7) is 4.66. The first kappa shape index (κ1) is 22.9. The van der Waals surface area contributed by atoms with Gasteiger partial charge in [-0.15, -0.1) is 11.8 Å². The summed E-state index contributed by atoms with van der Waals surface area (Å²) in [5.41, 5.74) is -0.295. The zero-order valence-corrected chi connectivity index (χ0v) is 21.6. The number of hydrogen-bond donors (Lipinski definition) is 0. The first-order valence-electron chi connectivity index (χ1n) is 10.6. The van der Waals surface area contributed by atoms with Crippen LogP contribution in [0.25, 0.3) is 16.9 Å². The van der Waals surface area contributed by atoms with Gasteiger partial charge in [-0.3, -0.25) is 4.98 Å². The van der Waals surface area contributed by atoms with E-state index in [0.717, 1.165) is 60.8 Å². The fourth-order valence-electron chi connectivity index (χ4n) is 4.29. The van der Waals surface area contributed by atoms with Gasteiger partial charge in [0.2, 0.25) is 0 Å². The van der Waals surface area contributed by atoms with Crippen LogP contribution in [0.5, 0.6) is 0 Å². The van der Waals surface area contributed by atoms with Crippen LogP contribution in [0, 0.1) is 0 Å². The molecular weight excluding hydrogens is 493 g/mol. The molecule has 3 aromatic heterocycles. The second-order valence-electron chi connectivity index (χ2n) is 8.53. The first-order valence-corrected chi connectivity index (χ1v) is 13.3. The number of aromatic nitrogens is 5. The Labute approximate surface area is 200 Å². The Bertz CT molecular complexity index is 1200. The molecule has 13 heteroatoms. The number of fused-ring (bicyclic) bond motifs is 1. The van der Waals surface area contributed by atoms with Crippen molar-refractivity contribution in [3.63, 3.8) is 0 Å². The number of rotatable bonds is 3. The summed E-state index contributed by atoms with van der Waals surface area (Å²) >= 11 is 8.00. The summed E-state index contributed by atoms with van der Waals surface area (Å²) < 4.78 is 47.1. The molecule has 0 amide bonds. The molecule has 1 spiro atoms. The van der Waals surface area contributed by atoms with Crippen molar-refractivity contribution < 1.29 is 17.9 Å².